The highest BCUT2D eigenvalue weighted by Gasteiger charge is 2.27. The normalized spacial score (nSPS) is 14.3. The Morgan fingerprint density at radius 1 is 0.587 bits per heavy atom. The first-order chi connectivity index (χ1) is 22.2. The summed E-state index contributed by atoms with van der Waals surface area (Å²) in [5.74, 6) is -1.55. The van der Waals surface area contributed by atoms with Crippen molar-refractivity contribution < 1.29 is 28.0 Å². The van der Waals surface area contributed by atoms with Gasteiger partial charge in [-0.25, -0.2) is 0 Å². The molecular formula is C38H73NO6S. The van der Waals surface area contributed by atoms with Crippen molar-refractivity contribution in [2.24, 2.45) is 0 Å². The molecule has 0 bridgehead atoms. The average Bonchev–Trinajstić information content (AvgIpc) is 3.01. The maximum absolute atomic E-state index is 12.5. The monoisotopic (exact) mass is 672 g/mol. The van der Waals surface area contributed by atoms with E-state index in [1.54, 1.807) is 6.08 Å². The van der Waals surface area contributed by atoms with Crippen LogP contribution in [-0.2, 0) is 14.9 Å². The van der Waals surface area contributed by atoms with Crippen molar-refractivity contribution >= 4 is 16.0 Å². The van der Waals surface area contributed by atoms with Gasteiger partial charge in [-0.05, 0) is 44.9 Å². The van der Waals surface area contributed by atoms with Gasteiger partial charge in [-0.2, -0.15) is 8.42 Å². The number of hydrogen-bond donors (Lipinski definition) is 4. The van der Waals surface area contributed by atoms with E-state index in [0.717, 1.165) is 51.4 Å². The molecule has 0 spiro atoms. The molecule has 0 saturated carbocycles. The summed E-state index contributed by atoms with van der Waals surface area (Å²) in [5.41, 5.74) is 0. The Labute approximate surface area is 284 Å². The van der Waals surface area contributed by atoms with Gasteiger partial charge < -0.3 is 15.5 Å². The zero-order valence-corrected chi connectivity index (χ0v) is 30.6. The van der Waals surface area contributed by atoms with Gasteiger partial charge in [-0.1, -0.05) is 167 Å². The van der Waals surface area contributed by atoms with E-state index in [2.05, 4.69) is 31.3 Å². The summed E-state index contributed by atoms with van der Waals surface area (Å²) < 4.78 is 32.4. The van der Waals surface area contributed by atoms with E-state index in [1.807, 2.05) is 0 Å². The minimum atomic E-state index is -4.44. The van der Waals surface area contributed by atoms with Gasteiger partial charge in [0.25, 0.3) is 10.1 Å². The molecule has 0 aromatic carbocycles. The number of carbonyl (C=O) groups is 1. The average molecular weight is 672 g/mol. The Morgan fingerprint density at radius 2 is 0.957 bits per heavy atom. The topological polar surface area (TPSA) is 124 Å². The predicted molar refractivity (Wildman–Crippen MR) is 195 cm³/mol. The standard InChI is InChI=1S/C38H73NO6S/c1-3-5-7-9-11-13-15-16-17-18-19-20-21-23-24-26-28-30-32-36(40)35(34-46(43,44)45)39-38(42)37(41)33-31-29-27-25-22-14-12-10-8-6-4-2/h12,14,30,32,35-37,40-41H,3-11,13,15-29,31,33-34H2,1-2H3,(H,39,42)(H,43,44,45)/b14-12-,32-30+. The lowest BCUT2D eigenvalue weighted by Gasteiger charge is -2.22. The number of carbonyl (C=O) groups excluding carboxylic acids is 1. The van der Waals surface area contributed by atoms with Gasteiger partial charge in [0.05, 0.1) is 17.9 Å². The van der Waals surface area contributed by atoms with Crippen LogP contribution < -0.4 is 5.32 Å². The molecule has 0 fully saturated rings. The molecule has 0 aromatic rings. The van der Waals surface area contributed by atoms with Gasteiger partial charge in [0.15, 0.2) is 0 Å². The Balaban J connectivity index is 4.07. The molecule has 0 radical (unpaired) electrons. The van der Waals surface area contributed by atoms with Gasteiger partial charge in [-0.15, -0.1) is 0 Å². The zero-order valence-electron chi connectivity index (χ0n) is 29.8. The van der Waals surface area contributed by atoms with Crippen LogP contribution in [0.5, 0.6) is 0 Å². The smallest absolute Gasteiger partial charge is 0.267 e. The van der Waals surface area contributed by atoms with E-state index >= 15 is 0 Å². The SMILES string of the molecule is CCCCC/C=C\CCCCCCC(O)C(=O)NC(CS(=O)(=O)O)C(O)/C=C/CCCCCCCCCCCCCCCCCC. The van der Waals surface area contributed by atoms with Crippen LogP contribution in [0.2, 0.25) is 0 Å². The highest BCUT2D eigenvalue weighted by molar-refractivity contribution is 7.85. The quantitative estimate of drug-likeness (QED) is 0.0307. The molecule has 0 saturated heterocycles. The minimum absolute atomic E-state index is 0.266. The lowest BCUT2D eigenvalue weighted by atomic mass is 10.0. The van der Waals surface area contributed by atoms with Gasteiger partial charge in [-0.3, -0.25) is 9.35 Å². The lowest BCUT2D eigenvalue weighted by Crippen LogP contribution is -2.50. The summed E-state index contributed by atoms with van der Waals surface area (Å²) in [4.78, 5) is 12.5. The molecule has 0 rings (SSSR count). The third kappa shape index (κ3) is 31.4. The van der Waals surface area contributed by atoms with E-state index < -0.39 is 40.0 Å². The maximum Gasteiger partial charge on any atom is 0.267 e. The van der Waals surface area contributed by atoms with Crippen molar-refractivity contribution in [2.75, 3.05) is 5.75 Å². The number of allylic oxidation sites excluding steroid dienone is 3. The predicted octanol–water partition coefficient (Wildman–Crippen LogP) is 9.77. The molecule has 0 aliphatic carbocycles. The Morgan fingerprint density at radius 3 is 1.41 bits per heavy atom. The first-order valence-corrected chi connectivity index (χ1v) is 20.8. The number of amides is 1. The molecule has 46 heavy (non-hydrogen) atoms. The van der Waals surface area contributed by atoms with E-state index in [0.29, 0.717) is 6.42 Å². The van der Waals surface area contributed by atoms with Crippen molar-refractivity contribution in [3.05, 3.63) is 24.3 Å². The van der Waals surface area contributed by atoms with E-state index in [9.17, 15) is 28.0 Å². The number of nitrogens with one attached hydrogen (secondary N) is 1. The highest BCUT2D eigenvalue weighted by Crippen LogP contribution is 2.15. The second-order valence-electron chi connectivity index (χ2n) is 13.3. The summed E-state index contributed by atoms with van der Waals surface area (Å²) >= 11 is 0. The van der Waals surface area contributed by atoms with Crippen molar-refractivity contribution in [3.8, 4) is 0 Å². The first kappa shape index (κ1) is 44.8. The molecule has 4 N–H and O–H groups in total. The molecule has 0 heterocycles. The fraction of sp³-hybridized carbons (Fsp3) is 0.868. The number of aliphatic hydroxyl groups is 2. The van der Waals surface area contributed by atoms with E-state index in [1.165, 1.54) is 115 Å². The molecule has 3 atom stereocenters. The molecule has 0 aliphatic rings. The van der Waals surface area contributed by atoms with Gasteiger partial charge in [0.2, 0.25) is 5.91 Å². The van der Waals surface area contributed by atoms with Crippen molar-refractivity contribution in [2.45, 2.75) is 205 Å². The fourth-order valence-electron chi connectivity index (χ4n) is 5.74. The second-order valence-corrected chi connectivity index (χ2v) is 14.8. The Kier molecular flexibility index (Phi) is 31.5. The van der Waals surface area contributed by atoms with E-state index in [4.69, 9.17) is 0 Å². The molecule has 8 heteroatoms. The number of hydrogen-bond acceptors (Lipinski definition) is 5. The summed E-state index contributed by atoms with van der Waals surface area (Å²) in [6, 6.07) is -1.23. The largest absolute Gasteiger partial charge is 0.387 e. The van der Waals surface area contributed by atoms with Gasteiger partial charge >= 0.3 is 0 Å². The maximum atomic E-state index is 12.5. The fourth-order valence-corrected chi connectivity index (χ4v) is 6.48. The van der Waals surface area contributed by atoms with Gasteiger partial charge in [0, 0.05) is 0 Å². The molecule has 3 unspecified atom stereocenters. The van der Waals surface area contributed by atoms with Crippen LogP contribution >= 0.6 is 0 Å². The molecule has 7 nitrogen and oxygen atoms in total. The molecule has 0 aromatic heterocycles. The zero-order chi connectivity index (χ0) is 34.1. The third-order valence-corrected chi connectivity index (χ3v) is 9.51. The molecule has 1 amide bonds. The molecular weight excluding hydrogens is 598 g/mol. The van der Waals surface area contributed by atoms with Crippen molar-refractivity contribution in [1.82, 2.24) is 5.32 Å². The van der Waals surface area contributed by atoms with Crippen LogP contribution in [0.3, 0.4) is 0 Å². The Hall–Kier alpha value is -1.22. The molecule has 0 aliphatic heterocycles. The van der Waals surface area contributed by atoms with Crippen molar-refractivity contribution in [1.29, 1.82) is 0 Å². The number of rotatable bonds is 34. The lowest BCUT2D eigenvalue weighted by molar-refractivity contribution is -0.130. The third-order valence-electron chi connectivity index (χ3n) is 8.73. The second kappa shape index (κ2) is 32.3. The summed E-state index contributed by atoms with van der Waals surface area (Å²) in [6.45, 7) is 4.46. The van der Waals surface area contributed by atoms with Gasteiger partial charge in [0.1, 0.15) is 6.10 Å². The van der Waals surface area contributed by atoms with E-state index in [-0.39, 0.29) is 6.42 Å². The summed E-state index contributed by atoms with van der Waals surface area (Å²) in [5, 5.41) is 23.3. The summed E-state index contributed by atoms with van der Waals surface area (Å²) in [7, 11) is -4.44. The number of aliphatic hydroxyl groups excluding tert-OH is 2. The van der Waals surface area contributed by atoms with Crippen LogP contribution in [0.25, 0.3) is 0 Å². The molecule has 272 valence electrons. The summed E-state index contributed by atoms with van der Waals surface area (Å²) in [6.07, 6.45) is 36.6. The minimum Gasteiger partial charge on any atom is -0.387 e. The van der Waals surface area contributed by atoms with Crippen LogP contribution in [0.15, 0.2) is 24.3 Å². The first-order valence-electron chi connectivity index (χ1n) is 19.1. The van der Waals surface area contributed by atoms with Crippen LogP contribution in [0, 0.1) is 0 Å². The van der Waals surface area contributed by atoms with Crippen LogP contribution in [0.4, 0.5) is 0 Å². The van der Waals surface area contributed by atoms with Crippen molar-refractivity contribution in [3.63, 3.8) is 0 Å². The van der Waals surface area contributed by atoms with Crippen LogP contribution in [0.1, 0.15) is 187 Å². The highest BCUT2D eigenvalue weighted by atomic mass is 32.2. The Bertz CT molecular complexity index is 844. The number of unbranched alkanes of at least 4 members (excludes halogenated alkanes) is 23. The van der Waals surface area contributed by atoms with Crippen LogP contribution in [-0.4, -0.2) is 53.1 Å².